The molecule has 1 amide bonds. The molecule has 0 aliphatic rings. The number of anilines is 1. The van der Waals surface area contributed by atoms with Crippen molar-refractivity contribution in [3.63, 3.8) is 0 Å². The Hall–Kier alpha value is -3.40. The van der Waals surface area contributed by atoms with Gasteiger partial charge in [0.1, 0.15) is 0 Å². The SMILES string of the molecule is CC(C)(C)c1ccc(-c2cc(NC(=O)c3ccccc3)cc(C(=O)O)c2)cc1. The van der Waals surface area contributed by atoms with Crippen LogP contribution in [-0.4, -0.2) is 17.0 Å². The number of nitrogens with one attached hydrogen (secondary N) is 1. The van der Waals surface area contributed by atoms with Gasteiger partial charge in [-0.2, -0.15) is 0 Å². The summed E-state index contributed by atoms with van der Waals surface area (Å²) in [5.41, 5.74) is 3.96. The van der Waals surface area contributed by atoms with Gasteiger partial charge in [0.2, 0.25) is 0 Å². The average molecular weight is 373 g/mol. The lowest BCUT2D eigenvalue weighted by Gasteiger charge is -2.19. The van der Waals surface area contributed by atoms with Gasteiger partial charge in [-0.05, 0) is 52.4 Å². The fourth-order valence-corrected chi connectivity index (χ4v) is 2.95. The monoisotopic (exact) mass is 373 g/mol. The quantitative estimate of drug-likeness (QED) is 0.625. The predicted octanol–water partition coefficient (Wildman–Crippen LogP) is 5.60. The van der Waals surface area contributed by atoms with Gasteiger partial charge in [0.25, 0.3) is 5.91 Å². The summed E-state index contributed by atoms with van der Waals surface area (Å²) in [5.74, 6) is -1.32. The number of aromatic carboxylic acids is 1. The normalized spacial score (nSPS) is 11.1. The zero-order valence-corrected chi connectivity index (χ0v) is 16.2. The van der Waals surface area contributed by atoms with Gasteiger partial charge >= 0.3 is 5.97 Å². The minimum atomic E-state index is -1.04. The first-order chi connectivity index (χ1) is 13.2. The van der Waals surface area contributed by atoms with Gasteiger partial charge in [0.05, 0.1) is 5.56 Å². The molecule has 0 radical (unpaired) electrons. The highest BCUT2D eigenvalue weighted by molar-refractivity contribution is 6.05. The number of carbonyl (C=O) groups is 2. The number of benzene rings is 3. The van der Waals surface area contributed by atoms with Crippen molar-refractivity contribution in [2.45, 2.75) is 26.2 Å². The molecule has 3 aromatic rings. The van der Waals surface area contributed by atoms with Crippen LogP contribution in [-0.2, 0) is 5.41 Å². The van der Waals surface area contributed by atoms with Crippen molar-refractivity contribution >= 4 is 17.6 Å². The van der Waals surface area contributed by atoms with Gasteiger partial charge in [-0.3, -0.25) is 4.79 Å². The largest absolute Gasteiger partial charge is 0.478 e. The van der Waals surface area contributed by atoms with Gasteiger partial charge in [0.15, 0.2) is 0 Å². The van der Waals surface area contributed by atoms with E-state index in [0.717, 1.165) is 11.1 Å². The number of amides is 1. The molecule has 0 aromatic heterocycles. The molecule has 4 nitrogen and oxygen atoms in total. The van der Waals surface area contributed by atoms with Gasteiger partial charge in [0, 0.05) is 11.3 Å². The molecule has 0 fully saturated rings. The molecule has 0 atom stereocenters. The number of hydrogen-bond acceptors (Lipinski definition) is 2. The molecule has 2 N–H and O–H groups in total. The Morgan fingerprint density at radius 1 is 0.786 bits per heavy atom. The highest BCUT2D eigenvalue weighted by Crippen LogP contribution is 2.29. The Morgan fingerprint density at radius 3 is 2.00 bits per heavy atom. The molecule has 0 saturated heterocycles. The highest BCUT2D eigenvalue weighted by Gasteiger charge is 2.15. The molecule has 0 unspecified atom stereocenters. The standard InChI is InChI=1S/C24H23NO3/c1-24(2,3)20-11-9-16(10-12-20)18-13-19(23(27)28)15-21(14-18)25-22(26)17-7-5-4-6-8-17/h4-15H,1-3H3,(H,25,26)(H,27,28). The van der Waals surface area contributed by atoms with Gasteiger partial charge < -0.3 is 10.4 Å². The first-order valence-corrected chi connectivity index (χ1v) is 9.10. The zero-order chi connectivity index (χ0) is 20.3. The molecule has 0 aliphatic heterocycles. The van der Waals surface area contributed by atoms with E-state index in [1.165, 1.54) is 11.6 Å². The lowest BCUT2D eigenvalue weighted by Crippen LogP contribution is -2.12. The predicted molar refractivity (Wildman–Crippen MR) is 112 cm³/mol. The van der Waals surface area contributed by atoms with Crippen molar-refractivity contribution in [1.29, 1.82) is 0 Å². The van der Waals surface area contributed by atoms with E-state index in [2.05, 4.69) is 26.1 Å². The molecule has 0 saturated carbocycles. The van der Waals surface area contributed by atoms with Crippen molar-refractivity contribution in [1.82, 2.24) is 0 Å². The Labute approximate surface area is 164 Å². The Morgan fingerprint density at radius 2 is 1.43 bits per heavy atom. The summed E-state index contributed by atoms with van der Waals surface area (Å²) in [6.07, 6.45) is 0. The third-order valence-electron chi connectivity index (χ3n) is 4.56. The number of carboxylic acid groups (broad SMARTS) is 1. The maximum atomic E-state index is 12.4. The molecule has 4 heteroatoms. The second kappa shape index (κ2) is 7.69. The summed E-state index contributed by atoms with van der Waals surface area (Å²) in [6, 6.07) is 21.7. The maximum absolute atomic E-state index is 12.4. The number of carboxylic acids is 1. The van der Waals surface area contributed by atoms with E-state index in [0.29, 0.717) is 11.3 Å². The van der Waals surface area contributed by atoms with Crippen molar-refractivity contribution in [2.75, 3.05) is 5.32 Å². The first-order valence-electron chi connectivity index (χ1n) is 9.10. The summed E-state index contributed by atoms with van der Waals surface area (Å²) >= 11 is 0. The third-order valence-corrected chi connectivity index (χ3v) is 4.56. The fourth-order valence-electron chi connectivity index (χ4n) is 2.95. The molecule has 142 valence electrons. The lowest BCUT2D eigenvalue weighted by molar-refractivity contribution is 0.0696. The van der Waals surface area contributed by atoms with E-state index in [-0.39, 0.29) is 16.9 Å². The van der Waals surface area contributed by atoms with Crippen LogP contribution >= 0.6 is 0 Å². The van der Waals surface area contributed by atoms with Crippen LogP contribution in [0.1, 0.15) is 47.1 Å². The van der Waals surface area contributed by atoms with Crippen molar-refractivity contribution < 1.29 is 14.7 Å². The van der Waals surface area contributed by atoms with Crippen LogP contribution in [0.2, 0.25) is 0 Å². The zero-order valence-electron chi connectivity index (χ0n) is 16.2. The smallest absolute Gasteiger partial charge is 0.335 e. The van der Waals surface area contributed by atoms with E-state index in [4.69, 9.17) is 0 Å². The first kappa shape index (κ1) is 19.4. The van der Waals surface area contributed by atoms with E-state index < -0.39 is 5.97 Å². The van der Waals surface area contributed by atoms with Crippen LogP contribution in [0.15, 0.2) is 72.8 Å². The molecule has 3 aromatic carbocycles. The maximum Gasteiger partial charge on any atom is 0.335 e. The van der Waals surface area contributed by atoms with Crippen molar-refractivity contribution in [3.8, 4) is 11.1 Å². The number of carbonyl (C=O) groups excluding carboxylic acids is 1. The van der Waals surface area contributed by atoms with E-state index in [9.17, 15) is 14.7 Å². The molecule has 0 bridgehead atoms. The second-order valence-corrected chi connectivity index (χ2v) is 7.75. The van der Waals surface area contributed by atoms with Gasteiger partial charge in [-0.15, -0.1) is 0 Å². The fraction of sp³-hybridized carbons (Fsp3) is 0.167. The summed E-state index contributed by atoms with van der Waals surface area (Å²) < 4.78 is 0. The third kappa shape index (κ3) is 4.46. The summed E-state index contributed by atoms with van der Waals surface area (Å²) in [4.78, 5) is 24.0. The van der Waals surface area contributed by atoms with Crippen molar-refractivity contribution in [2.24, 2.45) is 0 Å². The van der Waals surface area contributed by atoms with Crippen LogP contribution in [0.25, 0.3) is 11.1 Å². The molecule has 0 aliphatic carbocycles. The Bertz CT molecular complexity index is 1000. The molecule has 28 heavy (non-hydrogen) atoms. The molecular formula is C24H23NO3. The van der Waals surface area contributed by atoms with Crippen LogP contribution in [0.3, 0.4) is 0 Å². The molecular weight excluding hydrogens is 350 g/mol. The number of hydrogen-bond donors (Lipinski definition) is 2. The van der Waals surface area contributed by atoms with Crippen LogP contribution < -0.4 is 5.32 Å². The highest BCUT2D eigenvalue weighted by atomic mass is 16.4. The van der Waals surface area contributed by atoms with Gasteiger partial charge in [-0.25, -0.2) is 4.79 Å². The van der Waals surface area contributed by atoms with E-state index >= 15 is 0 Å². The topological polar surface area (TPSA) is 66.4 Å². The molecule has 0 spiro atoms. The lowest BCUT2D eigenvalue weighted by atomic mass is 9.86. The number of rotatable bonds is 4. The Balaban J connectivity index is 1.96. The average Bonchev–Trinajstić information content (AvgIpc) is 2.68. The minimum Gasteiger partial charge on any atom is -0.478 e. The van der Waals surface area contributed by atoms with Crippen molar-refractivity contribution in [3.05, 3.63) is 89.5 Å². The summed E-state index contributed by atoms with van der Waals surface area (Å²) in [6.45, 7) is 6.43. The van der Waals surface area contributed by atoms with Crippen LogP contribution in [0, 0.1) is 0 Å². The van der Waals surface area contributed by atoms with Gasteiger partial charge in [-0.1, -0.05) is 63.2 Å². The summed E-state index contributed by atoms with van der Waals surface area (Å²) in [7, 11) is 0. The summed E-state index contributed by atoms with van der Waals surface area (Å²) in [5, 5.41) is 12.3. The van der Waals surface area contributed by atoms with E-state index in [1.807, 2.05) is 30.3 Å². The Kier molecular flexibility index (Phi) is 5.32. The second-order valence-electron chi connectivity index (χ2n) is 7.75. The molecule has 3 rings (SSSR count). The minimum absolute atomic E-state index is 0.0380. The molecule has 0 heterocycles. The van der Waals surface area contributed by atoms with Crippen LogP contribution in [0.4, 0.5) is 5.69 Å². The van der Waals surface area contributed by atoms with Crippen LogP contribution in [0.5, 0.6) is 0 Å². The van der Waals surface area contributed by atoms with E-state index in [1.54, 1.807) is 36.4 Å².